The molecule has 102 valence electrons. The molecule has 0 atom stereocenters. The topological polar surface area (TPSA) is 72.0 Å². The monoisotopic (exact) mass is 309 g/mol. The van der Waals surface area contributed by atoms with Crippen molar-refractivity contribution in [2.45, 2.75) is 11.1 Å². The van der Waals surface area contributed by atoms with E-state index in [1.165, 1.54) is 22.8 Å². The van der Waals surface area contributed by atoms with E-state index in [1.54, 1.807) is 5.38 Å². The molecule has 0 saturated heterocycles. The third-order valence-corrected chi connectivity index (χ3v) is 4.17. The predicted octanol–water partition coefficient (Wildman–Crippen LogP) is 2.36. The molecule has 0 bridgehead atoms. The standard InChI is InChI=1S/C9H6F3N3O2S2/c10-9(11,12)8-13-3-6(4-14-8)15-19(16,17)7-1-2-18-5-7/h1-5,15H. The highest BCUT2D eigenvalue weighted by Crippen LogP contribution is 2.26. The zero-order chi connectivity index (χ0) is 14.1. The summed E-state index contributed by atoms with van der Waals surface area (Å²) in [5.41, 5.74) is -0.140. The van der Waals surface area contributed by atoms with Gasteiger partial charge in [-0.2, -0.15) is 24.5 Å². The lowest BCUT2D eigenvalue weighted by molar-refractivity contribution is -0.144. The number of sulfonamides is 1. The number of thiophene rings is 1. The first-order valence-corrected chi connectivity index (χ1v) is 7.16. The fourth-order valence-electron chi connectivity index (χ4n) is 1.15. The van der Waals surface area contributed by atoms with Crippen LogP contribution in [0.5, 0.6) is 0 Å². The van der Waals surface area contributed by atoms with Crippen LogP contribution in [0, 0.1) is 0 Å². The van der Waals surface area contributed by atoms with Gasteiger partial charge in [0.05, 0.1) is 23.0 Å². The minimum absolute atomic E-state index is 0.0254. The maximum Gasteiger partial charge on any atom is 0.451 e. The van der Waals surface area contributed by atoms with E-state index in [0.717, 1.165) is 12.4 Å². The van der Waals surface area contributed by atoms with Crippen LogP contribution < -0.4 is 4.72 Å². The van der Waals surface area contributed by atoms with Crippen LogP contribution in [0.1, 0.15) is 5.82 Å². The second-order valence-corrected chi connectivity index (χ2v) is 5.82. The van der Waals surface area contributed by atoms with Gasteiger partial charge in [-0.25, -0.2) is 18.4 Å². The molecule has 0 fully saturated rings. The van der Waals surface area contributed by atoms with Gasteiger partial charge < -0.3 is 0 Å². The number of nitrogens with one attached hydrogen (secondary N) is 1. The van der Waals surface area contributed by atoms with Crippen molar-refractivity contribution in [1.82, 2.24) is 9.97 Å². The van der Waals surface area contributed by atoms with E-state index < -0.39 is 22.0 Å². The third kappa shape index (κ3) is 3.20. The molecule has 2 aromatic heterocycles. The number of halogens is 3. The van der Waals surface area contributed by atoms with Crippen LogP contribution in [-0.2, 0) is 16.2 Å². The lowest BCUT2D eigenvalue weighted by atomic mass is 10.5. The fraction of sp³-hybridized carbons (Fsp3) is 0.111. The normalized spacial score (nSPS) is 12.4. The van der Waals surface area contributed by atoms with Gasteiger partial charge in [-0.05, 0) is 11.4 Å². The van der Waals surface area contributed by atoms with Gasteiger partial charge in [0, 0.05) is 5.38 Å². The average Bonchev–Trinajstić information content (AvgIpc) is 2.82. The number of rotatable bonds is 3. The molecule has 2 heterocycles. The molecule has 0 aliphatic rings. The lowest BCUT2D eigenvalue weighted by Crippen LogP contribution is -2.15. The summed E-state index contributed by atoms with van der Waals surface area (Å²) in [5.74, 6) is -1.33. The fourth-order valence-corrected chi connectivity index (χ4v) is 3.20. The third-order valence-electron chi connectivity index (χ3n) is 1.96. The van der Waals surface area contributed by atoms with E-state index in [0.29, 0.717) is 0 Å². The molecule has 10 heteroatoms. The predicted molar refractivity (Wildman–Crippen MR) is 62.2 cm³/mol. The van der Waals surface area contributed by atoms with Crippen molar-refractivity contribution < 1.29 is 21.6 Å². The number of aromatic nitrogens is 2. The Morgan fingerprint density at radius 1 is 1.21 bits per heavy atom. The summed E-state index contributed by atoms with van der Waals surface area (Å²) in [7, 11) is -3.82. The highest BCUT2D eigenvalue weighted by atomic mass is 32.2. The van der Waals surface area contributed by atoms with Crippen molar-refractivity contribution in [1.29, 1.82) is 0 Å². The molecule has 0 aliphatic carbocycles. The summed E-state index contributed by atoms with van der Waals surface area (Å²) < 4.78 is 62.3. The Morgan fingerprint density at radius 3 is 2.32 bits per heavy atom. The maximum absolute atomic E-state index is 12.2. The van der Waals surface area contributed by atoms with Crippen LogP contribution in [0.15, 0.2) is 34.1 Å². The summed E-state index contributed by atoms with van der Waals surface area (Å²) >= 11 is 1.18. The average molecular weight is 309 g/mol. The number of nitrogens with zero attached hydrogens (tertiary/aromatic N) is 2. The van der Waals surface area contributed by atoms with E-state index >= 15 is 0 Å². The molecule has 2 aromatic rings. The summed E-state index contributed by atoms with van der Waals surface area (Å²) in [6.07, 6.45) is -3.13. The molecule has 0 amide bonds. The van der Waals surface area contributed by atoms with Gasteiger partial charge in [0.25, 0.3) is 10.0 Å². The van der Waals surface area contributed by atoms with Crippen LogP contribution in [0.25, 0.3) is 0 Å². The number of alkyl halides is 3. The second kappa shape index (κ2) is 4.78. The Labute approximate surface area is 110 Å². The van der Waals surface area contributed by atoms with E-state index in [9.17, 15) is 21.6 Å². The van der Waals surface area contributed by atoms with Gasteiger partial charge in [-0.1, -0.05) is 0 Å². The summed E-state index contributed by atoms with van der Waals surface area (Å²) in [4.78, 5) is 6.14. The molecule has 5 nitrogen and oxygen atoms in total. The number of hydrogen-bond acceptors (Lipinski definition) is 5. The molecule has 1 N–H and O–H groups in total. The molecular formula is C9H6F3N3O2S2. The van der Waals surface area contributed by atoms with Gasteiger partial charge in [0.1, 0.15) is 0 Å². The van der Waals surface area contributed by atoms with E-state index in [2.05, 4.69) is 14.7 Å². The summed E-state index contributed by atoms with van der Waals surface area (Å²) in [5, 5.41) is 2.96. The van der Waals surface area contributed by atoms with Crippen molar-refractivity contribution in [3.63, 3.8) is 0 Å². The van der Waals surface area contributed by atoms with Crippen molar-refractivity contribution in [2.24, 2.45) is 0 Å². The number of hydrogen-bond donors (Lipinski definition) is 1. The van der Waals surface area contributed by atoms with Crippen LogP contribution >= 0.6 is 11.3 Å². The van der Waals surface area contributed by atoms with Gasteiger partial charge in [0.15, 0.2) is 0 Å². The molecular weight excluding hydrogens is 303 g/mol. The Bertz CT molecular complexity index is 651. The van der Waals surface area contributed by atoms with Crippen molar-refractivity contribution in [3.05, 3.63) is 35.0 Å². The van der Waals surface area contributed by atoms with Crippen molar-refractivity contribution in [3.8, 4) is 0 Å². The van der Waals surface area contributed by atoms with Crippen LogP contribution in [0.3, 0.4) is 0 Å². The molecule has 0 spiro atoms. The van der Waals surface area contributed by atoms with Crippen molar-refractivity contribution >= 4 is 27.0 Å². The molecule has 2 rings (SSSR count). The van der Waals surface area contributed by atoms with E-state index in [-0.39, 0.29) is 10.6 Å². The van der Waals surface area contributed by atoms with Gasteiger partial charge in [-0.15, -0.1) is 0 Å². The Morgan fingerprint density at radius 2 is 1.84 bits per heavy atom. The molecule has 0 radical (unpaired) electrons. The Hall–Kier alpha value is -1.68. The zero-order valence-electron chi connectivity index (χ0n) is 9.05. The molecule has 0 saturated carbocycles. The van der Waals surface area contributed by atoms with Crippen LogP contribution in [0.4, 0.5) is 18.9 Å². The molecule has 19 heavy (non-hydrogen) atoms. The van der Waals surface area contributed by atoms with Crippen LogP contribution in [-0.4, -0.2) is 18.4 Å². The van der Waals surface area contributed by atoms with Crippen molar-refractivity contribution in [2.75, 3.05) is 4.72 Å². The van der Waals surface area contributed by atoms with Gasteiger partial charge in [0.2, 0.25) is 5.82 Å². The zero-order valence-corrected chi connectivity index (χ0v) is 10.7. The summed E-state index contributed by atoms with van der Waals surface area (Å²) in [6.45, 7) is 0. The molecule has 0 aromatic carbocycles. The smallest absolute Gasteiger partial charge is 0.276 e. The molecule has 0 aliphatic heterocycles. The van der Waals surface area contributed by atoms with Gasteiger partial charge in [-0.3, -0.25) is 4.72 Å². The molecule has 0 unspecified atom stereocenters. The minimum Gasteiger partial charge on any atom is -0.276 e. The number of anilines is 1. The first-order valence-electron chi connectivity index (χ1n) is 4.73. The first-order chi connectivity index (χ1) is 8.79. The largest absolute Gasteiger partial charge is 0.451 e. The highest BCUT2D eigenvalue weighted by molar-refractivity contribution is 7.92. The maximum atomic E-state index is 12.2. The second-order valence-electron chi connectivity index (χ2n) is 3.36. The summed E-state index contributed by atoms with van der Waals surface area (Å²) in [6, 6.07) is 1.37. The Kier molecular flexibility index (Phi) is 3.45. The Balaban J connectivity index is 2.21. The quantitative estimate of drug-likeness (QED) is 0.944. The minimum atomic E-state index is -4.66. The van der Waals surface area contributed by atoms with Crippen LogP contribution in [0.2, 0.25) is 0 Å². The highest BCUT2D eigenvalue weighted by Gasteiger charge is 2.34. The lowest BCUT2D eigenvalue weighted by Gasteiger charge is -2.07. The van der Waals surface area contributed by atoms with E-state index in [4.69, 9.17) is 0 Å². The SMILES string of the molecule is O=S(=O)(Nc1cnc(C(F)(F)F)nc1)c1ccsc1. The first kappa shape index (κ1) is 13.7. The van der Waals surface area contributed by atoms with E-state index in [1.807, 2.05) is 0 Å². The van der Waals surface area contributed by atoms with Gasteiger partial charge >= 0.3 is 6.18 Å².